The molecule has 0 unspecified atom stereocenters. The number of halogens is 3. The number of hydrogen-bond acceptors (Lipinski definition) is 3. The number of aromatic nitrogens is 1. The molecule has 3 nitrogen and oxygen atoms in total. The Morgan fingerprint density at radius 2 is 2.29 bits per heavy atom. The molecule has 14 heavy (non-hydrogen) atoms. The minimum atomic E-state index is -2.76. The highest BCUT2D eigenvalue weighted by atomic mass is 79.9. The lowest BCUT2D eigenvalue weighted by Gasteiger charge is -2.08. The van der Waals surface area contributed by atoms with Crippen molar-refractivity contribution in [2.75, 3.05) is 7.11 Å². The number of alkyl halides is 2. The highest BCUT2D eigenvalue weighted by molar-refractivity contribution is 9.10. The summed E-state index contributed by atoms with van der Waals surface area (Å²) in [6.45, 7) is 0. The third kappa shape index (κ3) is 1.82. The number of methoxy groups -OCH3 is 1. The summed E-state index contributed by atoms with van der Waals surface area (Å²) in [7, 11) is 1.34. The molecule has 6 heteroatoms. The van der Waals surface area contributed by atoms with Crippen LogP contribution in [0.1, 0.15) is 17.7 Å². The largest absolute Gasteiger partial charge is 0.494 e. The number of pyridine rings is 1. The fourth-order valence-electron chi connectivity index (χ4n) is 0.917. The van der Waals surface area contributed by atoms with Crippen molar-refractivity contribution in [3.8, 4) is 11.8 Å². The highest BCUT2D eigenvalue weighted by Gasteiger charge is 2.21. The van der Waals surface area contributed by atoms with Gasteiger partial charge in [0.05, 0.1) is 23.3 Å². The molecule has 0 fully saturated rings. The van der Waals surface area contributed by atoms with E-state index >= 15 is 0 Å². The molecular weight excluding hydrogens is 258 g/mol. The average molecular weight is 263 g/mol. The first kappa shape index (κ1) is 10.9. The van der Waals surface area contributed by atoms with E-state index in [0.29, 0.717) is 0 Å². The molecule has 0 aliphatic carbocycles. The van der Waals surface area contributed by atoms with Gasteiger partial charge in [0.25, 0.3) is 6.43 Å². The van der Waals surface area contributed by atoms with E-state index in [4.69, 9.17) is 10.00 Å². The van der Waals surface area contributed by atoms with Gasteiger partial charge >= 0.3 is 0 Å². The zero-order chi connectivity index (χ0) is 10.7. The second-order valence-electron chi connectivity index (χ2n) is 2.32. The van der Waals surface area contributed by atoms with Gasteiger partial charge in [-0.05, 0) is 15.9 Å². The van der Waals surface area contributed by atoms with Gasteiger partial charge in [-0.15, -0.1) is 0 Å². The average Bonchev–Trinajstić information content (AvgIpc) is 2.16. The van der Waals surface area contributed by atoms with Crippen LogP contribution in [0.4, 0.5) is 8.78 Å². The predicted octanol–water partition coefficient (Wildman–Crippen LogP) is 2.66. The molecule has 0 atom stereocenters. The van der Waals surface area contributed by atoms with Crippen LogP contribution in [0.15, 0.2) is 10.7 Å². The Kier molecular flexibility index (Phi) is 3.36. The van der Waals surface area contributed by atoms with Gasteiger partial charge in [-0.25, -0.2) is 13.8 Å². The quantitative estimate of drug-likeness (QED) is 0.823. The molecule has 0 saturated carbocycles. The van der Waals surface area contributed by atoms with Crippen molar-refractivity contribution in [3.05, 3.63) is 21.9 Å². The van der Waals surface area contributed by atoms with Crippen LogP contribution >= 0.6 is 15.9 Å². The van der Waals surface area contributed by atoms with Crippen molar-refractivity contribution >= 4 is 15.9 Å². The first-order valence-corrected chi connectivity index (χ1v) is 4.31. The fraction of sp³-hybridized carbons (Fsp3) is 0.250. The highest BCUT2D eigenvalue weighted by Crippen LogP contribution is 2.35. The maximum Gasteiger partial charge on any atom is 0.267 e. The molecule has 0 spiro atoms. The summed E-state index contributed by atoms with van der Waals surface area (Å²) in [6.07, 6.45) is -1.55. The molecule has 1 aromatic heterocycles. The molecule has 1 rings (SSSR count). The van der Waals surface area contributed by atoms with Crippen molar-refractivity contribution < 1.29 is 13.5 Å². The summed E-state index contributed by atoms with van der Waals surface area (Å²) >= 11 is 2.94. The Morgan fingerprint density at radius 3 is 2.71 bits per heavy atom. The molecule has 1 heterocycles. The Bertz CT molecular complexity index is 390. The molecule has 1 aromatic rings. The maximum absolute atomic E-state index is 12.5. The van der Waals surface area contributed by atoms with Crippen LogP contribution in [0.5, 0.6) is 5.75 Å². The van der Waals surface area contributed by atoms with Gasteiger partial charge in [0.1, 0.15) is 6.07 Å². The number of hydrogen-bond donors (Lipinski definition) is 0. The second kappa shape index (κ2) is 4.33. The topological polar surface area (TPSA) is 45.9 Å². The van der Waals surface area contributed by atoms with Gasteiger partial charge in [0.2, 0.25) is 0 Å². The van der Waals surface area contributed by atoms with Gasteiger partial charge in [0.15, 0.2) is 11.4 Å². The van der Waals surface area contributed by atoms with Crippen LogP contribution in [0.2, 0.25) is 0 Å². The molecule has 74 valence electrons. The van der Waals surface area contributed by atoms with Crippen molar-refractivity contribution in [1.82, 2.24) is 4.98 Å². The minimum Gasteiger partial charge on any atom is -0.494 e. The van der Waals surface area contributed by atoms with Crippen molar-refractivity contribution in [1.29, 1.82) is 5.26 Å². The molecule has 0 saturated heterocycles. The van der Waals surface area contributed by atoms with E-state index in [0.717, 1.165) is 0 Å². The van der Waals surface area contributed by atoms with E-state index in [1.54, 1.807) is 6.07 Å². The van der Waals surface area contributed by atoms with Crippen LogP contribution in [0, 0.1) is 11.3 Å². The second-order valence-corrected chi connectivity index (χ2v) is 3.11. The summed E-state index contributed by atoms with van der Waals surface area (Å²) in [4.78, 5) is 3.55. The molecule has 0 aromatic carbocycles. The standard InChI is InChI=1S/C8H5BrF2N2O/c1-14-5-3-13-4(2-12)6(7(5)9)8(10)11/h3,8H,1H3. The molecule has 0 amide bonds. The number of nitriles is 1. The van der Waals surface area contributed by atoms with E-state index in [-0.39, 0.29) is 15.9 Å². The lowest BCUT2D eigenvalue weighted by Crippen LogP contribution is -1.98. The van der Waals surface area contributed by atoms with Crippen LogP contribution < -0.4 is 4.74 Å². The zero-order valence-corrected chi connectivity index (χ0v) is 8.68. The smallest absolute Gasteiger partial charge is 0.267 e. The summed E-state index contributed by atoms with van der Waals surface area (Å²) in [5, 5.41) is 8.55. The Morgan fingerprint density at radius 1 is 1.64 bits per heavy atom. The molecule has 0 N–H and O–H groups in total. The minimum absolute atomic E-state index is 0.0709. The van der Waals surface area contributed by atoms with Crippen LogP contribution in [0.3, 0.4) is 0 Å². The Hall–Kier alpha value is -1.22. The maximum atomic E-state index is 12.5. The van der Waals surface area contributed by atoms with E-state index < -0.39 is 12.0 Å². The molecule has 0 aliphatic rings. The normalized spacial score (nSPS) is 10.0. The molecule has 0 radical (unpaired) electrons. The van der Waals surface area contributed by atoms with Crippen LogP contribution in [0.25, 0.3) is 0 Å². The Labute approximate surface area is 87.5 Å². The predicted molar refractivity (Wildman–Crippen MR) is 48.2 cm³/mol. The number of rotatable bonds is 2. The van der Waals surface area contributed by atoms with Gasteiger partial charge in [-0.2, -0.15) is 5.26 Å². The third-order valence-corrected chi connectivity index (χ3v) is 2.38. The van der Waals surface area contributed by atoms with E-state index in [1.807, 2.05) is 0 Å². The van der Waals surface area contributed by atoms with E-state index in [2.05, 4.69) is 20.9 Å². The monoisotopic (exact) mass is 262 g/mol. The lowest BCUT2D eigenvalue weighted by molar-refractivity contribution is 0.149. The summed E-state index contributed by atoms with van der Waals surface area (Å²) in [5.41, 5.74) is -0.737. The van der Waals surface area contributed by atoms with Gasteiger partial charge in [0, 0.05) is 0 Å². The summed E-state index contributed by atoms with van der Waals surface area (Å²) in [5.74, 6) is 0.180. The Balaban J connectivity index is 3.41. The van der Waals surface area contributed by atoms with Crippen molar-refractivity contribution in [2.45, 2.75) is 6.43 Å². The zero-order valence-electron chi connectivity index (χ0n) is 7.09. The molecule has 0 bridgehead atoms. The summed E-state index contributed by atoms with van der Waals surface area (Å²) in [6, 6.07) is 1.59. The van der Waals surface area contributed by atoms with Gasteiger partial charge in [-0.1, -0.05) is 0 Å². The van der Waals surface area contributed by atoms with E-state index in [9.17, 15) is 8.78 Å². The van der Waals surface area contributed by atoms with Gasteiger partial charge in [-0.3, -0.25) is 0 Å². The van der Waals surface area contributed by atoms with Crippen LogP contribution in [-0.2, 0) is 0 Å². The third-order valence-electron chi connectivity index (χ3n) is 1.56. The van der Waals surface area contributed by atoms with Crippen LogP contribution in [-0.4, -0.2) is 12.1 Å². The van der Waals surface area contributed by atoms with Crippen molar-refractivity contribution in [3.63, 3.8) is 0 Å². The van der Waals surface area contributed by atoms with E-state index in [1.165, 1.54) is 13.3 Å². The first-order chi connectivity index (χ1) is 6.61. The lowest BCUT2D eigenvalue weighted by atomic mass is 10.2. The number of ether oxygens (including phenoxy) is 1. The SMILES string of the molecule is COc1cnc(C#N)c(C(F)F)c1Br. The summed E-state index contributed by atoms with van der Waals surface area (Å²) < 4.78 is 29.9. The first-order valence-electron chi connectivity index (χ1n) is 3.52. The molecular formula is C8H5BrF2N2O. The number of nitrogens with zero attached hydrogens (tertiary/aromatic N) is 2. The fourth-order valence-corrected chi connectivity index (χ4v) is 1.54. The molecule has 0 aliphatic heterocycles. The van der Waals surface area contributed by atoms with Gasteiger partial charge < -0.3 is 4.74 Å². The van der Waals surface area contributed by atoms with Crippen molar-refractivity contribution in [2.24, 2.45) is 0 Å².